The van der Waals surface area contributed by atoms with Crippen LogP contribution in [0.2, 0.25) is 0 Å². The van der Waals surface area contributed by atoms with Crippen molar-refractivity contribution in [1.82, 2.24) is 10.2 Å². The Morgan fingerprint density at radius 2 is 1.60 bits per heavy atom. The number of amides is 1. The van der Waals surface area contributed by atoms with E-state index in [-0.39, 0.29) is 11.9 Å². The Morgan fingerprint density at radius 1 is 1.12 bits per heavy atom. The maximum absolute atomic E-state index is 13.0. The van der Waals surface area contributed by atoms with Gasteiger partial charge in [0.05, 0.1) is 0 Å². The van der Waals surface area contributed by atoms with Crippen molar-refractivity contribution in [2.75, 3.05) is 13.6 Å². The van der Waals surface area contributed by atoms with Crippen LogP contribution in [0.3, 0.4) is 0 Å². The van der Waals surface area contributed by atoms with Crippen LogP contribution >= 0.6 is 0 Å². The molecule has 0 saturated heterocycles. The molecule has 4 nitrogen and oxygen atoms in total. The minimum Gasteiger partial charge on any atom is -0.372 e. The first-order valence-corrected chi connectivity index (χ1v) is 8.87. The second-order valence-electron chi connectivity index (χ2n) is 6.90. The van der Waals surface area contributed by atoms with Crippen molar-refractivity contribution in [1.29, 1.82) is 0 Å². The minimum absolute atomic E-state index is 0.229. The van der Waals surface area contributed by atoms with E-state index in [0.29, 0.717) is 23.7 Å². The molecule has 2 N–H and O–H groups in total. The molecule has 1 saturated carbocycles. The predicted molar refractivity (Wildman–Crippen MR) is 99.1 cm³/mol. The summed E-state index contributed by atoms with van der Waals surface area (Å²) < 4.78 is 0. The number of rotatable bonds is 7. The van der Waals surface area contributed by atoms with Gasteiger partial charge in [0.25, 0.3) is 5.91 Å². The highest BCUT2D eigenvalue weighted by molar-refractivity contribution is 5.90. The lowest BCUT2D eigenvalue weighted by molar-refractivity contribution is -0.136. The van der Waals surface area contributed by atoms with Crippen LogP contribution in [0, 0.1) is 0 Å². The van der Waals surface area contributed by atoms with E-state index >= 15 is 0 Å². The molecule has 1 atom stereocenters. The fourth-order valence-corrected chi connectivity index (χ4v) is 3.14. The molecule has 2 aromatic rings. The molecule has 0 spiro atoms. The Bertz CT molecular complexity index is 659. The number of nitrogens with one attached hydrogen (secondary N) is 1. The normalized spacial score (nSPS) is 15.8. The van der Waals surface area contributed by atoms with Gasteiger partial charge in [-0.3, -0.25) is 9.69 Å². The SMILES string of the molecule is CC(CNC(=O)C(O)(c1ccccc1)c1ccccc1)N(C)C1CC1. The lowest BCUT2D eigenvalue weighted by Crippen LogP contribution is -2.49. The highest BCUT2D eigenvalue weighted by Gasteiger charge is 2.40. The maximum atomic E-state index is 13.0. The van der Waals surface area contributed by atoms with Crippen LogP contribution in [0.15, 0.2) is 60.7 Å². The third-order valence-electron chi connectivity index (χ3n) is 5.09. The minimum atomic E-state index is -1.69. The van der Waals surface area contributed by atoms with Crippen LogP contribution in [0.1, 0.15) is 30.9 Å². The van der Waals surface area contributed by atoms with Gasteiger partial charge in [-0.1, -0.05) is 60.7 Å². The van der Waals surface area contributed by atoms with Gasteiger partial charge in [-0.05, 0) is 37.9 Å². The third kappa shape index (κ3) is 3.75. The van der Waals surface area contributed by atoms with E-state index in [1.165, 1.54) is 12.8 Å². The average Bonchev–Trinajstić information content (AvgIpc) is 3.51. The quantitative estimate of drug-likeness (QED) is 0.816. The van der Waals surface area contributed by atoms with E-state index in [1.807, 2.05) is 36.4 Å². The first-order chi connectivity index (χ1) is 12.0. The largest absolute Gasteiger partial charge is 0.372 e. The molecule has 0 bridgehead atoms. The Morgan fingerprint density at radius 3 is 2.04 bits per heavy atom. The zero-order valence-electron chi connectivity index (χ0n) is 14.9. The van der Waals surface area contributed by atoms with Crippen molar-refractivity contribution in [3.05, 3.63) is 71.8 Å². The summed E-state index contributed by atoms with van der Waals surface area (Å²) >= 11 is 0. The first-order valence-electron chi connectivity index (χ1n) is 8.87. The number of aliphatic hydroxyl groups is 1. The molecule has 1 fully saturated rings. The van der Waals surface area contributed by atoms with E-state index in [0.717, 1.165) is 0 Å². The van der Waals surface area contributed by atoms with Gasteiger partial charge >= 0.3 is 0 Å². The highest BCUT2D eigenvalue weighted by atomic mass is 16.3. The Balaban J connectivity index is 1.81. The third-order valence-corrected chi connectivity index (χ3v) is 5.09. The number of benzene rings is 2. The maximum Gasteiger partial charge on any atom is 0.261 e. The molecule has 1 aliphatic carbocycles. The molecule has 0 heterocycles. The van der Waals surface area contributed by atoms with Gasteiger partial charge in [-0.15, -0.1) is 0 Å². The van der Waals surface area contributed by atoms with E-state index in [1.54, 1.807) is 24.3 Å². The van der Waals surface area contributed by atoms with Gasteiger partial charge in [0.2, 0.25) is 0 Å². The van der Waals surface area contributed by atoms with Crippen molar-refractivity contribution in [3.8, 4) is 0 Å². The second-order valence-corrected chi connectivity index (χ2v) is 6.90. The molecule has 1 aliphatic rings. The van der Waals surface area contributed by atoms with Crippen LogP contribution in [-0.2, 0) is 10.4 Å². The molecular formula is C21H26N2O2. The number of likely N-dealkylation sites (N-methyl/N-ethyl adjacent to an activating group) is 1. The van der Waals surface area contributed by atoms with Crippen molar-refractivity contribution in [2.24, 2.45) is 0 Å². The van der Waals surface area contributed by atoms with Crippen molar-refractivity contribution in [2.45, 2.75) is 37.5 Å². The van der Waals surface area contributed by atoms with Gasteiger partial charge in [0, 0.05) is 18.6 Å². The zero-order chi connectivity index (χ0) is 17.9. The molecule has 0 aromatic heterocycles. The second kappa shape index (κ2) is 7.38. The molecule has 4 heteroatoms. The summed E-state index contributed by atoms with van der Waals surface area (Å²) in [6.07, 6.45) is 2.46. The average molecular weight is 338 g/mol. The van der Waals surface area contributed by atoms with E-state index in [4.69, 9.17) is 0 Å². The molecule has 3 rings (SSSR count). The monoisotopic (exact) mass is 338 g/mol. The van der Waals surface area contributed by atoms with Crippen LogP contribution in [0.25, 0.3) is 0 Å². The van der Waals surface area contributed by atoms with Gasteiger partial charge < -0.3 is 10.4 Å². The zero-order valence-corrected chi connectivity index (χ0v) is 14.9. The number of hydrogen-bond donors (Lipinski definition) is 2. The lowest BCUT2D eigenvalue weighted by atomic mass is 9.85. The molecule has 132 valence electrons. The van der Waals surface area contributed by atoms with Crippen molar-refractivity contribution >= 4 is 5.91 Å². The summed E-state index contributed by atoms with van der Waals surface area (Å²) in [5.41, 5.74) is -0.552. The number of hydrogen-bond acceptors (Lipinski definition) is 3. The highest BCUT2D eigenvalue weighted by Crippen LogP contribution is 2.30. The molecule has 2 aromatic carbocycles. The molecule has 0 radical (unpaired) electrons. The van der Waals surface area contributed by atoms with Gasteiger partial charge in [0.15, 0.2) is 5.60 Å². The Labute approximate surface area is 149 Å². The molecular weight excluding hydrogens is 312 g/mol. The van der Waals surface area contributed by atoms with E-state index < -0.39 is 5.60 Å². The molecule has 1 amide bonds. The lowest BCUT2D eigenvalue weighted by Gasteiger charge is -2.30. The number of carbonyl (C=O) groups is 1. The summed E-state index contributed by atoms with van der Waals surface area (Å²) in [4.78, 5) is 15.3. The van der Waals surface area contributed by atoms with Gasteiger partial charge in [-0.25, -0.2) is 0 Å². The summed E-state index contributed by atoms with van der Waals surface area (Å²) in [5.74, 6) is -0.388. The van der Waals surface area contributed by atoms with Crippen LogP contribution < -0.4 is 5.32 Å². The fourth-order valence-electron chi connectivity index (χ4n) is 3.14. The van der Waals surface area contributed by atoms with Crippen LogP contribution in [0.5, 0.6) is 0 Å². The number of nitrogens with zero attached hydrogens (tertiary/aromatic N) is 1. The van der Waals surface area contributed by atoms with Crippen molar-refractivity contribution < 1.29 is 9.90 Å². The predicted octanol–water partition coefficient (Wildman–Crippen LogP) is 2.52. The summed E-state index contributed by atoms with van der Waals surface area (Å²) in [6, 6.07) is 19.1. The molecule has 0 aliphatic heterocycles. The summed E-state index contributed by atoms with van der Waals surface area (Å²) in [6.45, 7) is 2.61. The molecule has 1 unspecified atom stereocenters. The Hall–Kier alpha value is -2.17. The Kier molecular flexibility index (Phi) is 5.21. The summed E-state index contributed by atoms with van der Waals surface area (Å²) in [5, 5.41) is 14.3. The molecule has 25 heavy (non-hydrogen) atoms. The van der Waals surface area contributed by atoms with Crippen LogP contribution in [0.4, 0.5) is 0 Å². The summed E-state index contributed by atoms with van der Waals surface area (Å²) in [7, 11) is 2.09. The smallest absolute Gasteiger partial charge is 0.261 e. The van der Waals surface area contributed by atoms with Crippen molar-refractivity contribution in [3.63, 3.8) is 0 Å². The van der Waals surface area contributed by atoms with Crippen LogP contribution in [-0.4, -0.2) is 41.6 Å². The van der Waals surface area contributed by atoms with Gasteiger partial charge in [-0.2, -0.15) is 0 Å². The standard InChI is InChI=1S/C21H26N2O2/c1-16(23(2)19-13-14-19)15-22-20(24)21(25,17-9-5-3-6-10-17)18-11-7-4-8-12-18/h3-12,16,19,25H,13-15H2,1-2H3,(H,22,24). The topological polar surface area (TPSA) is 52.6 Å². The fraction of sp³-hybridized carbons (Fsp3) is 0.381. The number of carbonyl (C=O) groups excluding carboxylic acids is 1. The van der Waals surface area contributed by atoms with E-state index in [2.05, 4.69) is 24.2 Å². The van der Waals surface area contributed by atoms with E-state index in [9.17, 15) is 9.90 Å². The first kappa shape index (κ1) is 17.6. The van der Waals surface area contributed by atoms with Gasteiger partial charge in [0.1, 0.15) is 0 Å².